The maximum absolute atomic E-state index is 12.2. The number of likely N-dealkylation sites (N-methyl/N-ethyl adjacent to an activating group) is 1. The molecule has 1 amide bonds. The highest BCUT2D eigenvalue weighted by molar-refractivity contribution is 6.35. The van der Waals surface area contributed by atoms with Crippen molar-refractivity contribution in [1.29, 1.82) is 0 Å². The lowest BCUT2D eigenvalue weighted by atomic mass is 9.84. The predicted molar refractivity (Wildman–Crippen MR) is 110 cm³/mol. The second kappa shape index (κ2) is 7.39. The molecular weight excluding hydrogens is 381 g/mol. The number of hydrogen-bond donors (Lipinski definition) is 2. The number of benzene rings is 2. The van der Waals surface area contributed by atoms with E-state index in [0.29, 0.717) is 15.7 Å². The number of nitrogens with zero attached hydrogens (tertiary/aromatic N) is 1. The van der Waals surface area contributed by atoms with Gasteiger partial charge in [-0.2, -0.15) is 0 Å². The van der Waals surface area contributed by atoms with Crippen molar-refractivity contribution in [3.8, 4) is 0 Å². The Labute approximate surface area is 168 Å². The van der Waals surface area contributed by atoms with E-state index in [2.05, 4.69) is 22.2 Å². The van der Waals surface area contributed by atoms with Gasteiger partial charge >= 0.3 is 0 Å². The normalized spacial score (nSPS) is 16.8. The highest BCUT2D eigenvalue weighted by Gasteiger charge is 2.27. The van der Waals surface area contributed by atoms with Gasteiger partial charge in [0.1, 0.15) is 5.69 Å². The largest absolute Gasteiger partial charge is 0.357 e. The van der Waals surface area contributed by atoms with Crippen molar-refractivity contribution in [2.45, 2.75) is 12.5 Å². The summed E-state index contributed by atoms with van der Waals surface area (Å²) < 4.78 is 0. The average molecular weight is 400 g/mol. The molecule has 4 nitrogen and oxygen atoms in total. The van der Waals surface area contributed by atoms with Gasteiger partial charge in [-0.1, -0.05) is 35.3 Å². The van der Waals surface area contributed by atoms with Gasteiger partial charge in [0.05, 0.1) is 0 Å². The third-order valence-corrected chi connectivity index (χ3v) is 5.46. The van der Waals surface area contributed by atoms with Crippen molar-refractivity contribution in [2.75, 3.05) is 18.9 Å². The van der Waals surface area contributed by atoms with Gasteiger partial charge in [-0.15, -0.1) is 0 Å². The van der Waals surface area contributed by atoms with E-state index in [1.807, 2.05) is 30.3 Å². The number of anilines is 1. The number of H-pyrrole nitrogens is 1. The lowest BCUT2D eigenvalue weighted by Gasteiger charge is -2.33. The minimum atomic E-state index is -0.158. The number of aromatic amines is 1. The molecule has 1 aliphatic rings. The molecule has 27 heavy (non-hydrogen) atoms. The molecule has 0 bridgehead atoms. The number of halogens is 2. The monoisotopic (exact) mass is 399 g/mol. The Balaban J connectivity index is 1.60. The Morgan fingerprint density at radius 3 is 2.67 bits per heavy atom. The molecule has 4 rings (SSSR count). The molecule has 0 aliphatic carbocycles. The number of amides is 1. The van der Waals surface area contributed by atoms with Crippen molar-refractivity contribution in [2.24, 2.45) is 0 Å². The molecule has 0 spiro atoms. The van der Waals surface area contributed by atoms with Gasteiger partial charge < -0.3 is 15.2 Å². The number of carbonyl (C=O) groups excluding carboxylic acids is 1. The topological polar surface area (TPSA) is 48.1 Å². The van der Waals surface area contributed by atoms with Crippen molar-refractivity contribution in [1.82, 2.24) is 9.88 Å². The summed E-state index contributed by atoms with van der Waals surface area (Å²) >= 11 is 12.7. The Hall–Kier alpha value is -2.27. The molecule has 1 aliphatic heterocycles. The Morgan fingerprint density at radius 1 is 1.19 bits per heavy atom. The maximum atomic E-state index is 12.2. The van der Waals surface area contributed by atoms with E-state index in [1.165, 1.54) is 11.1 Å². The molecule has 0 saturated heterocycles. The second-order valence-corrected chi connectivity index (χ2v) is 7.71. The predicted octanol–water partition coefficient (Wildman–Crippen LogP) is 5.15. The van der Waals surface area contributed by atoms with Crippen molar-refractivity contribution in [3.05, 3.63) is 87.2 Å². The van der Waals surface area contributed by atoms with Crippen LogP contribution in [0, 0.1) is 0 Å². The third kappa shape index (κ3) is 3.74. The summed E-state index contributed by atoms with van der Waals surface area (Å²) in [6, 6.07) is 15.3. The van der Waals surface area contributed by atoms with Crippen molar-refractivity contribution in [3.63, 3.8) is 0 Å². The molecule has 3 aromatic rings. The molecule has 1 aromatic heterocycles. The molecule has 2 aromatic carbocycles. The summed E-state index contributed by atoms with van der Waals surface area (Å²) in [4.78, 5) is 17.3. The first-order valence-corrected chi connectivity index (χ1v) is 9.48. The van der Waals surface area contributed by atoms with Crippen LogP contribution in [0.3, 0.4) is 0 Å². The number of hydrogen-bond acceptors (Lipinski definition) is 2. The van der Waals surface area contributed by atoms with E-state index in [1.54, 1.807) is 24.4 Å². The summed E-state index contributed by atoms with van der Waals surface area (Å²) in [6.07, 6.45) is 1.73. The zero-order chi connectivity index (χ0) is 19.0. The summed E-state index contributed by atoms with van der Waals surface area (Å²) in [6.45, 7) is 1.70. The summed E-state index contributed by atoms with van der Waals surface area (Å²) in [5.74, 6) is 0.0252. The Kier molecular flexibility index (Phi) is 4.96. The van der Waals surface area contributed by atoms with Crippen LogP contribution in [0.4, 0.5) is 5.69 Å². The first-order valence-electron chi connectivity index (χ1n) is 8.72. The van der Waals surface area contributed by atoms with Gasteiger partial charge in [-0.25, -0.2) is 0 Å². The van der Waals surface area contributed by atoms with Crippen molar-refractivity contribution >= 4 is 34.8 Å². The van der Waals surface area contributed by atoms with Crippen LogP contribution in [0.5, 0.6) is 0 Å². The van der Waals surface area contributed by atoms with Crippen LogP contribution in [0.15, 0.2) is 54.7 Å². The van der Waals surface area contributed by atoms with Crippen molar-refractivity contribution < 1.29 is 4.79 Å². The molecule has 1 atom stereocenters. The van der Waals surface area contributed by atoms with Gasteiger partial charge in [0.2, 0.25) is 0 Å². The number of fused-ring (bicyclic) bond motifs is 1. The van der Waals surface area contributed by atoms with Gasteiger partial charge in [-0.3, -0.25) is 4.79 Å². The van der Waals surface area contributed by atoms with E-state index < -0.39 is 0 Å². The molecule has 1 unspecified atom stereocenters. The third-order valence-electron chi connectivity index (χ3n) is 4.91. The first-order chi connectivity index (χ1) is 13.0. The van der Waals surface area contributed by atoms with E-state index in [9.17, 15) is 4.79 Å². The quantitative estimate of drug-likeness (QED) is 0.639. The van der Waals surface area contributed by atoms with Gasteiger partial charge in [0.15, 0.2) is 0 Å². The van der Waals surface area contributed by atoms with Gasteiger partial charge in [-0.05, 0) is 60.1 Å². The van der Waals surface area contributed by atoms with Crippen LogP contribution in [-0.2, 0) is 6.54 Å². The van der Waals surface area contributed by atoms with Crippen LogP contribution >= 0.6 is 23.2 Å². The van der Waals surface area contributed by atoms with Crippen LogP contribution in [-0.4, -0.2) is 29.4 Å². The number of rotatable bonds is 3. The van der Waals surface area contributed by atoms with Crippen LogP contribution in [0.1, 0.15) is 33.1 Å². The SMILES string of the molecule is CN1Cc2c(Cl)cc(Cl)cc2C(c2ccc(NC(=O)c3ccc[nH]3)cc2)C1. The standard InChI is InChI=1S/C21H19Cl2N3O/c1-26-11-17(16-9-14(22)10-19(23)18(16)12-26)13-4-6-15(7-5-13)25-21(27)20-3-2-8-24-20/h2-10,17,24H,11-12H2,1H3,(H,25,27). The lowest BCUT2D eigenvalue weighted by molar-refractivity contribution is 0.102. The Bertz CT molecular complexity index is 968. The molecule has 2 N–H and O–H groups in total. The minimum Gasteiger partial charge on any atom is -0.357 e. The van der Waals surface area contributed by atoms with Gasteiger partial charge in [0, 0.05) is 40.9 Å². The van der Waals surface area contributed by atoms with E-state index in [-0.39, 0.29) is 11.8 Å². The van der Waals surface area contributed by atoms with Gasteiger partial charge in [0.25, 0.3) is 5.91 Å². The lowest BCUT2D eigenvalue weighted by Crippen LogP contribution is -2.31. The molecule has 0 fully saturated rings. The smallest absolute Gasteiger partial charge is 0.272 e. The molecule has 6 heteroatoms. The molecule has 0 radical (unpaired) electrons. The fraction of sp³-hybridized carbons (Fsp3) is 0.190. The highest BCUT2D eigenvalue weighted by Crippen LogP contribution is 2.38. The summed E-state index contributed by atoms with van der Waals surface area (Å²) in [5, 5.41) is 4.27. The average Bonchev–Trinajstić information content (AvgIpc) is 3.17. The summed E-state index contributed by atoms with van der Waals surface area (Å²) in [5.41, 5.74) is 4.76. The minimum absolute atomic E-state index is 0.158. The molecule has 138 valence electrons. The first kappa shape index (κ1) is 18.1. The molecular formula is C21H19Cl2N3O. The fourth-order valence-corrected chi connectivity index (χ4v) is 4.17. The highest BCUT2D eigenvalue weighted by atomic mass is 35.5. The number of carbonyl (C=O) groups is 1. The molecule has 2 heterocycles. The number of aromatic nitrogens is 1. The van der Waals surface area contributed by atoms with Crippen LogP contribution in [0.2, 0.25) is 10.0 Å². The maximum Gasteiger partial charge on any atom is 0.272 e. The van der Waals surface area contributed by atoms with E-state index in [4.69, 9.17) is 23.2 Å². The second-order valence-electron chi connectivity index (χ2n) is 6.86. The number of nitrogens with one attached hydrogen (secondary N) is 2. The van der Waals surface area contributed by atoms with E-state index >= 15 is 0 Å². The van der Waals surface area contributed by atoms with Crippen LogP contribution < -0.4 is 5.32 Å². The zero-order valence-corrected chi connectivity index (χ0v) is 16.3. The summed E-state index contributed by atoms with van der Waals surface area (Å²) in [7, 11) is 2.09. The Morgan fingerprint density at radius 2 is 1.96 bits per heavy atom. The zero-order valence-electron chi connectivity index (χ0n) is 14.8. The molecule has 0 saturated carbocycles. The van der Waals surface area contributed by atoms with Crippen LogP contribution in [0.25, 0.3) is 0 Å². The van der Waals surface area contributed by atoms with E-state index in [0.717, 1.165) is 24.3 Å². The fourth-order valence-electron chi connectivity index (χ4n) is 3.60.